The van der Waals surface area contributed by atoms with Crippen LogP contribution in [0.3, 0.4) is 0 Å². The van der Waals surface area contributed by atoms with E-state index in [1.807, 2.05) is 64.1 Å². The maximum Gasteiger partial charge on any atom is 0.411 e. The van der Waals surface area contributed by atoms with Crippen LogP contribution in [0, 0.1) is 23.7 Å². The number of H-pyrrole nitrogens is 1. The van der Waals surface area contributed by atoms with E-state index in [0.29, 0.717) is 81.8 Å². The van der Waals surface area contributed by atoms with Gasteiger partial charge in [-0.3, -0.25) is 43.3 Å². The van der Waals surface area contributed by atoms with Gasteiger partial charge in [-0.2, -0.15) is 0 Å². The minimum atomic E-state index is -0.950. The number of nitrogens with one attached hydrogen (secondary N) is 6. The second-order valence-corrected chi connectivity index (χ2v) is 24.8. The van der Waals surface area contributed by atoms with Crippen LogP contribution in [0.1, 0.15) is 129 Å². The summed E-state index contributed by atoms with van der Waals surface area (Å²) in [5.41, 5.74) is 8.67. The van der Waals surface area contributed by atoms with Crippen molar-refractivity contribution in [2.45, 2.75) is 180 Å². The summed E-state index contributed by atoms with van der Waals surface area (Å²) in [4.78, 5) is 136. The molecule has 0 radical (unpaired) electrons. The molecule has 24 heteroatoms. The highest BCUT2D eigenvalue weighted by atomic mass is 16.6. The van der Waals surface area contributed by atoms with Gasteiger partial charge in [-0.1, -0.05) is 96.0 Å². The maximum absolute atomic E-state index is 14.4. The Morgan fingerprint density at radius 2 is 1.62 bits per heavy atom. The van der Waals surface area contributed by atoms with Gasteiger partial charge in [-0.05, 0) is 105 Å². The zero-order chi connectivity index (χ0) is 65.0. The first-order valence-electron chi connectivity index (χ1n) is 32.1. The van der Waals surface area contributed by atoms with Gasteiger partial charge < -0.3 is 66.2 Å². The second kappa shape index (κ2) is 33.9. The van der Waals surface area contributed by atoms with E-state index in [9.17, 15) is 43.2 Å². The summed E-state index contributed by atoms with van der Waals surface area (Å²) in [7, 11) is 4.72. The summed E-state index contributed by atoms with van der Waals surface area (Å²) in [6.07, 6.45) is 10.2. The molecule has 11 atom stereocenters. The molecule has 0 spiro atoms. The van der Waals surface area contributed by atoms with Gasteiger partial charge in [0, 0.05) is 65.1 Å². The largest absolute Gasteiger partial charge is 0.445 e. The number of imidazole rings is 1. The number of ether oxygens (including phenoxy) is 3. The Morgan fingerprint density at radius 3 is 2.30 bits per heavy atom. The number of rotatable bonds is 34. The first-order chi connectivity index (χ1) is 43.3. The number of carbonyl (C=O) groups is 9. The summed E-state index contributed by atoms with van der Waals surface area (Å²) in [6.45, 7) is 11.1. The van der Waals surface area contributed by atoms with Crippen LogP contribution < -0.4 is 32.3 Å². The van der Waals surface area contributed by atoms with Gasteiger partial charge in [0.05, 0.1) is 61.6 Å². The van der Waals surface area contributed by atoms with Crippen LogP contribution in [0.4, 0.5) is 10.5 Å². The predicted octanol–water partition coefficient (Wildman–Crippen LogP) is 5.18. The zero-order valence-electron chi connectivity index (χ0n) is 53.7. The Labute approximate surface area is 529 Å². The van der Waals surface area contributed by atoms with Crippen molar-refractivity contribution in [3.8, 4) is 11.3 Å². The fourth-order valence-electron chi connectivity index (χ4n) is 13.1. The molecule has 492 valence electrons. The number of aromatic nitrogens is 2. The van der Waals surface area contributed by atoms with E-state index in [4.69, 9.17) is 19.9 Å². The molecule has 2 aromatic carbocycles. The fourth-order valence-corrected chi connectivity index (χ4v) is 13.1. The van der Waals surface area contributed by atoms with E-state index >= 15 is 0 Å². The molecule has 1 aliphatic carbocycles. The molecule has 1 aromatic heterocycles. The number of anilines is 1. The van der Waals surface area contributed by atoms with Crippen LogP contribution in [0.2, 0.25) is 0 Å². The summed E-state index contributed by atoms with van der Waals surface area (Å²) in [6, 6.07) is 12.6. The normalized spacial score (nSPS) is 20.0. The molecule has 2 saturated heterocycles. The molecule has 90 heavy (non-hydrogen) atoms. The Hall–Kier alpha value is -7.70. The third-order valence-corrected chi connectivity index (χ3v) is 18.3. The molecule has 24 nitrogen and oxygen atoms in total. The number of piperidine rings is 1. The van der Waals surface area contributed by atoms with Crippen LogP contribution in [0.5, 0.6) is 0 Å². The average molecular weight is 1250 g/mol. The second-order valence-electron chi connectivity index (χ2n) is 24.8. The molecule has 11 unspecified atom stereocenters. The summed E-state index contributed by atoms with van der Waals surface area (Å²) >= 11 is 0. The number of nitrogens with zero attached hydrogens (tertiary/aromatic N) is 5. The van der Waals surface area contributed by atoms with Crippen molar-refractivity contribution in [3.63, 3.8) is 0 Å². The number of unbranched alkanes of at least 4 members (excludes halogenated alkanes) is 2. The van der Waals surface area contributed by atoms with Crippen molar-refractivity contribution in [1.29, 1.82) is 0 Å². The number of benzene rings is 2. The van der Waals surface area contributed by atoms with Crippen molar-refractivity contribution in [2.75, 3.05) is 59.3 Å². The van der Waals surface area contributed by atoms with Crippen molar-refractivity contribution in [3.05, 3.63) is 84.3 Å². The molecule has 4 heterocycles. The number of aromatic amines is 1. The smallest absolute Gasteiger partial charge is 0.411 e. The predicted molar refractivity (Wildman–Crippen MR) is 338 cm³/mol. The number of likely N-dealkylation sites (N-methyl/N-ethyl adjacent to an activating group) is 1. The van der Waals surface area contributed by atoms with Gasteiger partial charge >= 0.3 is 6.09 Å². The number of likely N-dealkylation sites (tertiary alicyclic amines) is 2. The molecule has 4 aliphatic rings. The van der Waals surface area contributed by atoms with Crippen molar-refractivity contribution in [2.24, 2.45) is 29.4 Å². The van der Waals surface area contributed by atoms with Gasteiger partial charge in [0.1, 0.15) is 30.6 Å². The van der Waals surface area contributed by atoms with Gasteiger partial charge in [-0.25, -0.2) is 9.78 Å². The van der Waals surface area contributed by atoms with Crippen LogP contribution in [0.25, 0.3) is 11.3 Å². The van der Waals surface area contributed by atoms with Crippen molar-refractivity contribution in [1.82, 2.24) is 50.8 Å². The Morgan fingerprint density at radius 1 is 0.867 bits per heavy atom. The molecule has 2 bridgehead atoms. The number of carbonyl (C=O) groups excluding carboxylic acids is 9. The third-order valence-electron chi connectivity index (χ3n) is 18.3. The van der Waals surface area contributed by atoms with Crippen LogP contribution in [-0.2, 0) is 65.7 Å². The SMILES string of the molecule is CCC(C)C(C(CC(=O)N1CCCC1C(OC)C(C)C(=O)NCc1ncc(-c2ccccc2)[nH]1)OC)N(C)C(=O)CNC(=O)C1C2CCC(C2)N1C(=O)OCc1ccc(NC(=O)C(CCCN)NC(=O)C(NC(=O)CCCCCN2CC=CC2=O)C(C)C)cc1. The van der Waals surface area contributed by atoms with Crippen molar-refractivity contribution < 1.29 is 57.4 Å². The highest BCUT2D eigenvalue weighted by Crippen LogP contribution is 2.43. The highest BCUT2D eigenvalue weighted by Gasteiger charge is 2.52. The first-order valence-corrected chi connectivity index (χ1v) is 32.1. The van der Waals surface area contributed by atoms with E-state index in [0.717, 1.165) is 36.9 Å². The van der Waals surface area contributed by atoms with Gasteiger partial charge in [0.2, 0.25) is 47.3 Å². The summed E-state index contributed by atoms with van der Waals surface area (Å²) < 4.78 is 17.8. The monoisotopic (exact) mass is 1250 g/mol. The molecule has 3 fully saturated rings. The van der Waals surface area contributed by atoms with Gasteiger partial charge in [0.15, 0.2) is 0 Å². The molecular formula is C66H96N12O12. The number of amides is 9. The lowest BCUT2D eigenvalue weighted by Crippen LogP contribution is -2.56. The van der Waals surface area contributed by atoms with Crippen LogP contribution in [0.15, 0.2) is 72.9 Å². The van der Waals surface area contributed by atoms with E-state index in [1.165, 1.54) is 12.0 Å². The number of hydrogen-bond acceptors (Lipinski definition) is 14. The Kier molecular flexibility index (Phi) is 26.3. The minimum Gasteiger partial charge on any atom is -0.445 e. The van der Waals surface area contributed by atoms with E-state index in [1.54, 1.807) is 72.3 Å². The van der Waals surface area contributed by atoms with Gasteiger partial charge in [0.25, 0.3) is 0 Å². The molecule has 7 rings (SSSR count). The molecule has 1 saturated carbocycles. The standard InChI is InChI=1S/C66H96N12O12/c1-9-42(4)59(52(88-7)36-56(81)77-34-17-22-51(77)61(89-8)43(5)62(83)69-38-53-68-37-50(72-53)45-19-12-10-13-20-45)75(6)57(82)39-70-65(86)60-46-27-30-48(35-46)78(60)66(87)90-40-44-25-28-47(29-26-44)71-63(84)49(21-16-31-67)73-64(85)58(41(2)3)74-54(79)23-14-11-15-32-76-33-18-24-55(76)80/h10,12-13,18-20,24-26,28-29,37,41-43,46,48-49,51-52,58-61H,9,11,14-17,21-23,27,30-36,38-40,67H2,1-8H3,(H,68,72)(H,69,83)(H,70,86)(H,71,84)(H,73,85)(H,74,79). The lowest BCUT2D eigenvalue weighted by Gasteiger charge is -2.39. The quantitative estimate of drug-likeness (QED) is 0.0379. The number of hydrogen-bond donors (Lipinski definition) is 7. The Bertz CT molecular complexity index is 2940. The third kappa shape index (κ3) is 18.5. The average Bonchev–Trinajstić information content (AvgIpc) is 1.64. The van der Waals surface area contributed by atoms with Crippen LogP contribution in [-0.4, -0.2) is 185 Å². The number of nitrogens with two attached hydrogens (primary N) is 1. The molecule has 9 amide bonds. The Balaban J connectivity index is 0.874. The number of methoxy groups -OCH3 is 2. The highest BCUT2D eigenvalue weighted by molar-refractivity contribution is 5.98. The van der Waals surface area contributed by atoms with E-state index in [2.05, 4.69) is 36.6 Å². The first kappa shape index (κ1) is 69.8. The molecule has 3 aromatic rings. The lowest BCUT2D eigenvalue weighted by atomic mass is 9.90. The number of fused-ring (bicyclic) bond motifs is 2. The summed E-state index contributed by atoms with van der Waals surface area (Å²) in [5, 5.41) is 14.3. The topological polar surface area (TPSA) is 309 Å². The fraction of sp³-hybridized carbons (Fsp3) is 0.606. The summed E-state index contributed by atoms with van der Waals surface area (Å²) in [5.74, 6) is -3.04. The molecule has 3 aliphatic heterocycles. The zero-order valence-corrected chi connectivity index (χ0v) is 53.7. The van der Waals surface area contributed by atoms with Gasteiger partial charge in [-0.15, -0.1) is 0 Å². The van der Waals surface area contributed by atoms with E-state index < -0.39 is 72.0 Å². The maximum atomic E-state index is 14.4. The minimum absolute atomic E-state index is 0.00236. The van der Waals surface area contributed by atoms with E-state index in [-0.39, 0.29) is 92.4 Å². The lowest BCUT2D eigenvalue weighted by molar-refractivity contribution is -0.146. The van der Waals surface area contributed by atoms with Crippen molar-refractivity contribution >= 4 is 59.0 Å². The van der Waals surface area contributed by atoms with Crippen LogP contribution >= 0.6 is 0 Å². The molecule has 8 N–H and O–H groups in total. The molecular weight excluding hydrogens is 1150 g/mol.